The number of aliphatic imine (C=N–C) groups is 1. The number of hydrogen-bond acceptors (Lipinski definition) is 9. The van der Waals surface area contributed by atoms with Crippen LogP contribution in [0.3, 0.4) is 0 Å². The van der Waals surface area contributed by atoms with Gasteiger partial charge >= 0.3 is 5.97 Å². The molecule has 0 unspecified atom stereocenters. The van der Waals surface area contributed by atoms with E-state index in [4.69, 9.17) is 11.5 Å². The molecule has 0 spiro atoms. The zero-order valence-corrected chi connectivity index (χ0v) is 24.8. The van der Waals surface area contributed by atoms with Gasteiger partial charge in [0.1, 0.15) is 30.2 Å². The first-order valence-corrected chi connectivity index (χ1v) is 15.0. The van der Waals surface area contributed by atoms with Gasteiger partial charge in [0.25, 0.3) is 0 Å². The second-order valence-corrected chi connectivity index (χ2v) is 12.1. The van der Waals surface area contributed by atoms with E-state index < -0.39 is 90.5 Å². The Morgan fingerprint density at radius 3 is 2.35 bits per heavy atom. The summed E-state index contributed by atoms with van der Waals surface area (Å²) in [5.41, 5.74) is 10.7. The molecule has 3 rings (SSSR count). The molecule has 3 fully saturated rings. The fourth-order valence-corrected chi connectivity index (χ4v) is 6.47. The zero-order chi connectivity index (χ0) is 31.8. The Kier molecular flexibility index (Phi) is 11.6. The highest BCUT2D eigenvalue weighted by molar-refractivity contribution is 8.00. The average Bonchev–Trinajstić information content (AvgIpc) is 3.37. The molecule has 3 heterocycles. The number of piperidine rings is 1. The molecule has 0 aromatic heterocycles. The van der Waals surface area contributed by atoms with Crippen LogP contribution in [-0.4, -0.2) is 112 Å². The topological polar surface area (TPSA) is 268 Å². The Morgan fingerprint density at radius 2 is 1.70 bits per heavy atom. The van der Waals surface area contributed by atoms with Crippen molar-refractivity contribution >= 4 is 59.1 Å². The highest BCUT2D eigenvalue weighted by Crippen LogP contribution is 2.36. The maximum Gasteiger partial charge on any atom is 0.305 e. The summed E-state index contributed by atoms with van der Waals surface area (Å²) >= 11 is 1.41. The predicted octanol–water partition coefficient (Wildman–Crippen LogP) is -3.70. The SMILES string of the molecule is CC(C)[C@@H]1NC(=O)[C@@H]2CS[C@H]3CC[C@H](NC(=O)[C@@H](CC(=O)O)NC(=O)CNC(=O)[C@H](CCCN=C(N)N)NC1=O)C(=O)N32. The molecule has 3 saturated heterocycles. The normalized spacial score (nSPS) is 29.0. The Balaban J connectivity index is 1.91. The summed E-state index contributed by atoms with van der Waals surface area (Å²) in [4.78, 5) is 95.7. The zero-order valence-electron chi connectivity index (χ0n) is 24.0. The number of aliphatic carboxylic acids is 1. The lowest BCUT2D eigenvalue weighted by atomic mass is 9.99. The fourth-order valence-electron chi connectivity index (χ4n) is 5.04. The number of hydrogen-bond donors (Lipinski definition) is 8. The monoisotopic (exact) mass is 625 g/mol. The van der Waals surface area contributed by atoms with Gasteiger partial charge in [-0.15, -0.1) is 11.8 Å². The van der Waals surface area contributed by atoms with E-state index in [9.17, 15) is 38.7 Å². The van der Waals surface area contributed by atoms with Crippen LogP contribution in [-0.2, 0) is 33.6 Å². The van der Waals surface area contributed by atoms with Crippen LogP contribution in [0.2, 0.25) is 0 Å². The number of carboxylic acids is 1. The summed E-state index contributed by atoms with van der Waals surface area (Å²) in [5.74, 6) is -5.87. The molecule has 0 radical (unpaired) electrons. The first-order valence-electron chi connectivity index (χ1n) is 14.0. The van der Waals surface area contributed by atoms with Crippen molar-refractivity contribution in [2.75, 3.05) is 18.8 Å². The predicted molar refractivity (Wildman–Crippen MR) is 154 cm³/mol. The molecule has 0 aromatic rings. The van der Waals surface area contributed by atoms with Gasteiger partial charge in [0.05, 0.1) is 18.3 Å². The van der Waals surface area contributed by atoms with Gasteiger partial charge in [0.15, 0.2) is 5.96 Å². The number of thioether (sulfide) groups is 1. The van der Waals surface area contributed by atoms with E-state index in [0.29, 0.717) is 6.42 Å². The molecule has 6 amide bonds. The molecular weight excluding hydrogens is 586 g/mol. The maximum absolute atomic E-state index is 13.5. The van der Waals surface area contributed by atoms with Crippen LogP contribution in [0.4, 0.5) is 0 Å². The van der Waals surface area contributed by atoms with Gasteiger partial charge in [-0.3, -0.25) is 38.6 Å². The van der Waals surface area contributed by atoms with Crippen LogP contribution in [0.1, 0.15) is 46.0 Å². The van der Waals surface area contributed by atoms with Crippen LogP contribution in [0, 0.1) is 5.92 Å². The summed E-state index contributed by atoms with van der Waals surface area (Å²) in [6.45, 7) is 2.95. The number of carboxylic acid groups (broad SMARTS) is 1. The molecule has 3 aliphatic heterocycles. The minimum absolute atomic E-state index is 0.0728. The number of nitrogens with zero attached hydrogens (tertiary/aromatic N) is 2. The van der Waals surface area contributed by atoms with Crippen molar-refractivity contribution in [3.8, 4) is 0 Å². The average molecular weight is 626 g/mol. The van der Waals surface area contributed by atoms with Gasteiger partial charge in [0, 0.05) is 12.3 Å². The fraction of sp³-hybridized carbons (Fsp3) is 0.680. The Hall–Kier alpha value is -4.09. The Morgan fingerprint density at radius 1 is 0.977 bits per heavy atom. The molecule has 43 heavy (non-hydrogen) atoms. The van der Waals surface area contributed by atoms with Crippen molar-refractivity contribution in [1.82, 2.24) is 31.5 Å². The number of carbonyl (C=O) groups is 7. The maximum atomic E-state index is 13.5. The van der Waals surface area contributed by atoms with Crippen molar-refractivity contribution in [2.45, 2.75) is 81.5 Å². The summed E-state index contributed by atoms with van der Waals surface area (Å²) in [7, 11) is 0. The van der Waals surface area contributed by atoms with E-state index in [1.807, 2.05) is 0 Å². The third-order valence-electron chi connectivity index (χ3n) is 7.25. The molecule has 2 bridgehead atoms. The van der Waals surface area contributed by atoms with Crippen LogP contribution < -0.4 is 38.1 Å². The van der Waals surface area contributed by atoms with E-state index in [1.165, 1.54) is 16.7 Å². The highest BCUT2D eigenvalue weighted by Gasteiger charge is 2.48. The second kappa shape index (κ2) is 14.9. The Bertz CT molecular complexity index is 1160. The summed E-state index contributed by atoms with van der Waals surface area (Å²) < 4.78 is 0. The largest absolute Gasteiger partial charge is 0.481 e. The van der Waals surface area contributed by atoms with Crippen molar-refractivity contribution in [1.29, 1.82) is 0 Å². The quantitative estimate of drug-likeness (QED) is 0.0775. The minimum Gasteiger partial charge on any atom is -0.481 e. The minimum atomic E-state index is -1.54. The molecule has 0 saturated carbocycles. The van der Waals surface area contributed by atoms with Gasteiger partial charge in [-0.05, 0) is 31.6 Å². The van der Waals surface area contributed by atoms with Crippen molar-refractivity contribution in [3.05, 3.63) is 0 Å². The number of nitrogens with one attached hydrogen (secondary N) is 5. The first kappa shape index (κ1) is 33.4. The molecule has 238 valence electrons. The molecule has 18 heteroatoms. The molecule has 10 N–H and O–H groups in total. The van der Waals surface area contributed by atoms with Crippen LogP contribution in [0.25, 0.3) is 0 Å². The molecule has 0 aromatic carbocycles. The lowest BCUT2D eigenvalue weighted by Gasteiger charge is -2.37. The number of rotatable bonds is 7. The van der Waals surface area contributed by atoms with Crippen LogP contribution >= 0.6 is 11.8 Å². The van der Waals surface area contributed by atoms with E-state index in [0.717, 1.165) is 0 Å². The molecule has 17 nitrogen and oxygen atoms in total. The van der Waals surface area contributed by atoms with Crippen molar-refractivity contribution in [2.24, 2.45) is 22.4 Å². The number of fused-ring (bicyclic) bond motifs is 1. The lowest BCUT2D eigenvalue weighted by Crippen LogP contribution is -2.63. The van der Waals surface area contributed by atoms with Crippen LogP contribution in [0.5, 0.6) is 0 Å². The lowest BCUT2D eigenvalue weighted by molar-refractivity contribution is -0.146. The van der Waals surface area contributed by atoms with Gasteiger partial charge in [-0.1, -0.05) is 13.8 Å². The van der Waals surface area contributed by atoms with E-state index in [-0.39, 0.29) is 42.9 Å². The van der Waals surface area contributed by atoms with E-state index in [2.05, 4.69) is 31.6 Å². The molecular formula is C25H39N9O8S. The summed E-state index contributed by atoms with van der Waals surface area (Å²) in [6.07, 6.45) is 0.283. The number of nitrogens with two attached hydrogens (primary N) is 2. The summed E-state index contributed by atoms with van der Waals surface area (Å²) in [5, 5.41) is 21.5. The van der Waals surface area contributed by atoms with Crippen LogP contribution in [0.15, 0.2) is 4.99 Å². The van der Waals surface area contributed by atoms with Crippen molar-refractivity contribution < 1.29 is 38.7 Å². The van der Waals surface area contributed by atoms with Gasteiger partial charge in [-0.2, -0.15) is 0 Å². The molecule has 0 aliphatic carbocycles. The third-order valence-corrected chi connectivity index (χ3v) is 8.60. The van der Waals surface area contributed by atoms with Gasteiger partial charge in [0.2, 0.25) is 35.4 Å². The molecule has 6 atom stereocenters. The first-order chi connectivity index (χ1) is 20.3. The highest BCUT2D eigenvalue weighted by atomic mass is 32.2. The standard InChI is InChI=1S/C25H39N9O8S/c1-11(2)19-23(41)31-12(4-3-7-28-25(26)27)20(38)29-9-16(35)30-14(8-18(36)37)21(39)32-13-5-6-17-34(24(13)42)15(10-43-17)22(40)33-19/h11-15,17,19H,3-10H2,1-2H3,(H,29,38)(H,30,35)(H,31,41)(H,32,39)(H,33,40)(H,36,37)(H4,26,27,28)/t12-,13-,14+,15-,17-,19-/m0/s1. The molecule has 3 aliphatic rings. The second-order valence-electron chi connectivity index (χ2n) is 10.9. The summed E-state index contributed by atoms with van der Waals surface area (Å²) in [6, 6.07) is -5.73. The number of guanidine groups is 1. The third kappa shape index (κ3) is 8.95. The van der Waals surface area contributed by atoms with E-state index >= 15 is 0 Å². The smallest absolute Gasteiger partial charge is 0.305 e. The van der Waals surface area contributed by atoms with E-state index in [1.54, 1.807) is 13.8 Å². The Labute approximate surface area is 252 Å². The number of carbonyl (C=O) groups excluding carboxylic acids is 6. The van der Waals surface area contributed by atoms with Crippen molar-refractivity contribution in [3.63, 3.8) is 0 Å². The van der Waals surface area contributed by atoms with Gasteiger partial charge < -0.3 is 48.1 Å². The number of amides is 6. The van der Waals surface area contributed by atoms with Gasteiger partial charge in [-0.25, -0.2) is 0 Å².